The smallest absolute Gasteiger partial charge is 0.269 e. The normalized spacial score (nSPS) is 23.0. The summed E-state index contributed by atoms with van der Waals surface area (Å²) in [6.07, 6.45) is 2.55. The highest BCUT2D eigenvalue weighted by atomic mass is 16.6. The molecule has 2 amide bonds. The SMILES string of the molecule is COc1cccc(C(=O)N2CC(N(Cc3ccc([N+](=O)[O-])cc3)CC3CCCO3)CC2C(=O)N2CCNCC2)c1. The predicted molar refractivity (Wildman–Crippen MR) is 148 cm³/mol. The zero-order valence-corrected chi connectivity index (χ0v) is 22.9. The van der Waals surface area contributed by atoms with Gasteiger partial charge in [0.2, 0.25) is 5.91 Å². The van der Waals surface area contributed by atoms with Crippen molar-refractivity contribution in [1.82, 2.24) is 20.0 Å². The van der Waals surface area contributed by atoms with Crippen LogP contribution in [0.5, 0.6) is 5.75 Å². The van der Waals surface area contributed by atoms with Crippen LogP contribution in [0.3, 0.4) is 0 Å². The first kappa shape index (κ1) is 28.0. The number of carbonyl (C=O) groups excluding carboxylic acids is 2. The molecule has 0 spiro atoms. The van der Waals surface area contributed by atoms with Gasteiger partial charge in [-0.2, -0.15) is 0 Å². The second-order valence-electron chi connectivity index (χ2n) is 10.7. The number of hydrogen-bond acceptors (Lipinski definition) is 8. The molecule has 3 heterocycles. The molecular weight excluding hydrogens is 514 g/mol. The maximum absolute atomic E-state index is 13.9. The maximum atomic E-state index is 13.9. The number of nitrogens with one attached hydrogen (secondary N) is 1. The number of nitro groups is 1. The van der Waals surface area contributed by atoms with Gasteiger partial charge in [-0.25, -0.2) is 0 Å². The lowest BCUT2D eigenvalue weighted by Crippen LogP contribution is -2.53. The highest BCUT2D eigenvalue weighted by Crippen LogP contribution is 2.29. The Morgan fingerprint density at radius 1 is 1.18 bits per heavy atom. The Labute approximate surface area is 234 Å². The Balaban J connectivity index is 1.42. The minimum Gasteiger partial charge on any atom is -0.497 e. The monoisotopic (exact) mass is 551 g/mol. The van der Waals surface area contributed by atoms with Crippen molar-refractivity contribution >= 4 is 17.5 Å². The fraction of sp³-hybridized carbons (Fsp3) is 0.517. The Kier molecular flexibility index (Phi) is 8.93. The number of piperazine rings is 1. The molecule has 0 saturated carbocycles. The minimum absolute atomic E-state index is 0.0207. The summed E-state index contributed by atoms with van der Waals surface area (Å²) in [5, 5.41) is 14.4. The molecule has 3 unspecified atom stereocenters. The van der Waals surface area contributed by atoms with E-state index >= 15 is 0 Å². The molecule has 214 valence electrons. The molecule has 3 aliphatic heterocycles. The molecule has 0 radical (unpaired) electrons. The van der Waals surface area contributed by atoms with E-state index in [1.807, 2.05) is 4.90 Å². The van der Waals surface area contributed by atoms with Crippen LogP contribution in [0.2, 0.25) is 0 Å². The predicted octanol–water partition coefficient (Wildman–Crippen LogP) is 2.30. The zero-order chi connectivity index (χ0) is 28.1. The van der Waals surface area contributed by atoms with Crippen LogP contribution in [0.1, 0.15) is 35.2 Å². The summed E-state index contributed by atoms with van der Waals surface area (Å²) in [5.41, 5.74) is 1.47. The fourth-order valence-electron chi connectivity index (χ4n) is 5.90. The van der Waals surface area contributed by atoms with Crippen LogP contribution < -0.4 is 10.1 Å². The van der Waals surface area contributed by atoms with E-state index in [-0.39, 0.29) is 29.6 Å². The average Bonchev–Trinajstić information content (AvgIpc) is 3.67. The van der Waals surface area contributed by atoms with Crippen molar-refractivity contribution in [3.05, 3.63) is 69.8 Å². The number of amides is 2. The molecule has 0 aromatic heterocycles. The van der Waals surface area contributed by atoms with Crippen molar-refractivity contribution in [3.63, 3.8) is 0 Å². The molecule has 3 atom stereocenters. The summed E-state index contributed by atoms with van der Waals surface area (Å²) in [4.78, 5) is 44.3. The second-order valence-corrected chi connectivity index (χ2v) is 10.7. The molecule has 5 rings (SSSR count). The van der Waals surface area contributed by atoms with Gasteiger partial charge in [-0.05, 0) is 43.0 Å². The van der Waals surface area contributed by atoms with Crippen LogP contribution >= 0.6 is 0 Å². The first-order valence-corrected chi connectivity index (χ1v) is 14.0. The summed E-state index contributed by atoms with van der Waals surface area (Å²) in [6.45, 7) is 5.03. The van der Waals surface area contributed by atoms with Crippen LogP contribution in [0, 0.1) is 10.1 Å². The van der Waals surface area contributed by atoms with Crippen molar-refractivity contribution in [2.24, 2.45) is 0 Å². The van der Waals surface area contributed by atoms with Crippen molar-refractivity contribution in [2.75, 3.05) is 53.0 Å². The number of carbonyl (C=O) groups is 2. The van der Waals surface area contributed by atoms with Gasteiger partial charge in [0.15, 0.2) is 0 Å². The zero-order valence-electron chi connectivity index (χ0n) is 22.9. The number of nitro benzene ring substituents is 1. The molecule has 11 nitrogen and oxygen atoms in total. The van der Waals surface area contributed by atoms with Crippen molar-refractivity contribution in [3.8, 4) is 5.75 Å². The summed E-state index contributed by atoms with van der Waals surface area (Å²) < 4.78 is 11.3. The molecule has 2 aromatic rings. The Morgan fingerprint density at radius 3 is 2.62 bits per heavy atom. The van der Waals surface area contributed by atoms with Crippen LogP contribution in [-0.4, -0.2) is 103 Å². The standard InChI is InChI=1S/C29H37N5O6/c1-39-25-5-2-4-22(16-25)28(35)33-19-24(17-27(33)29(36)31-13-11-30-12-14-31)32(20-26-6-3-15-40-26)18-21-7-9-23(10-8-21)34(37)38/h2,4-5,7-10,16,24,26-27,30H,3,6,11-15,17-20H2,1H3. The molecule has 40 heavy (non-hydrogen) atoms. The molecule has 3 fully saturated rings. The third-order valence-corrected chi connectivity index (χ3v) is 8.08. The summed E-state index contributed by atoms with van der Waals surface area (Å²) >= 11 is 0. The van der Waals surface area contributed by atoms with Crippen LogP contribution in [-0.2, 0) is 16.1 Å². The molecule has 2 aromatic carbocycles. The molecule has 3 aliphatic rings. The lowest BCUT2D eigenvalue weighted by atomic mass is 10.1. The number of rotatable bonds is 9. The van der Waals surface area contributed by atoms with E-state index in [9.17, 15) is 19.7 Å². The Bertz CT molecular complexity index is 1200. The minimum atomic E-state index is -0.578. The summed E-state index contributed by atoms with van der Waals surface area (Å²) in [7, 11) is 1.56. The van der Waals surface area contributed by atoms with Gasteiger partial charge in [0, 0.05) is 76.2 Å². The number of ether oxygens (including phenoxy) is 2. The molecule has 1 N–H and O–H groups in total. The van der Waals surface area contributed by atoms with E-state index in [0.717, 1.165) is 38.1 Å². The van der Waals surface area contributed by atoms with Gasteiger partial charge in [0.05, 0.1) is 18.1 Å². The van der Waals surface area contributed by atoms with Gasteiger partial charge >= 0.3 is 0 Å². The number of nitrogens with zero attached hydrogens (tertiary/aromatic N) is 4. The van der Waals surface area contributed by atoms with Crippen molar-refractivity contribution in [1.29, 1.82) is 0 Å². The average molecular weight is 552 g/mol. The highest BCUT2D eigenvalue weighted by Gasteiger charge is 2.44. The van der Waals surface area contributed by atoms with Crippen LogP contribution in [0.15, 0.2) is 48.5 Å². The lowest BCUT2D eigenvalue weighted by molar-refractivity contribution is -0.384. The van der Waals surface area contributed by atoms with E-state index in [4.69, 9.17) is 9.47 Å². The third kappa shape index (κ3) is 6.43. The number of non-ortho nitro benzene ring substituents is 1. The number of likely N-dealkylation sites (tertiary alicyclic amines) is 1. The van der Waals surface area contributed by atoms with Crippen molar-refractivity contribution < 1.29 is 24.0 Å². The Morgan fingerprint density at radius 2 is 1.95 bits per heavy atom. The van der Waals surface area contributed by atoms with Gasteiger partial charge in [-0.3, -0.25) is 24.6 Å². The molecule has 3 saturated heterocycles. The summed E-state index contributed by atoms with van der Waals surface area (Å²) in [5.74, 6) is 0.375. The van der Waals surface area contributed by atoms with Gasteiger partial charge in [-0.1, -0.05) is 18.2 Å². The largest absolute Gasteiger partial charge is 0.497 e. The highest BCUT2D eigenvalue weighted by molar-refractivity contribution is 5.98. The van der Waals surface area contributed by atoms with Crippen molar-refractivity contribution in [2.45, 2.75) is 44.0 Å². The van der Waals surface area contributed by atoms with E-state index in [1.165, 1.54) is 12.1 Å². The molecular formula is C29H37N5O6. The van der Waals surface area contributed by atoms with Crippen LogP contribution in [0.4, 0.5) is 5.69 Å². The van der Waals surface area contributed by atoms with E-state index in [1.54, 1.807) is 48.4 Å². The fourth-order valence-corrected chi connectivity index (χ4v) is 5.90. The number of methoxy groups -OCH3 is 1. The molecule has 0 bridgehead atoms. The Hall–Kier alpha value is -3.54. The first-order valence-electron chi connectivity index (χ1n) is 14.0. The van der Waals surface area contributed by atoms with Gasteiger partial charge in [-0.15, -0.1) is 0 Å². The van der Waals surface area contributed by atoms with Gasteiger partial charge in [0.25, 0.3) is 11.6 Å². The van der Waals surface area contributed by atoms with Gasteiger partial charge < -0.3 is 24.6 Å². The van der Waals surface area contributed by atoms with E-state index in [0.29, 0.717) is 50.5 Å². The maximum Gasteiger partial charge on any atom is 0.269 e. The number of hydrogen-bond donors (Lipinski definition) is 1. The molecule has 0 aliphatic carbocycles. The summed E-state index contributed by atoms with van der Waals surface area (Å²) in [6, 6.07) is 13.0. The van der Waals surface area contributed by atoms with E-state index in [2.05, 4.69) is 10.2 Å². The first-order chi connectivity index (χ1) is 19.4. The van der Waals surface area contributed by atoms with E-state index < -0.39 is 11.0 Å². The lowest BCUT2D eigenvalue weighted by Gasteiger charge is -2.32. The third-order valence-electron chi connectivity index (χ3n) is 8.08. The van der Waals surface area contributed by atoms with Gasteiger partial charge in [0.1, 0.15) is 11.8 Å². The topological polar surface area (TPSA) is 117 Å². The molecule has 11 heteroatoms. The van der Waals surface area contributed by atoms with Crippen LogP contribution in [0.25, 0.3) is 0 Å². The number of benzene rings is 2. The quantitative estimate of drug-likeness (QED) is 0.373. The second kappa shape index (κ2) is 12.8.